The lowest BCUT2D eigenvalue weighted by Crippen LogP contribution is -2.20. The molecule has 1 heterocycles. The number of rotatable bonds is 1. The summed E-state index contributed by atoms with van der Waals surface area (Å²) in [4.78, 5) is 12.0. The van der Waals surface area contributed by atoms with Crippen LogP contribution < -0.4 is 4.74 Å². The highest BCUT2D eigenvalue weighted by atomic mass is 79.9. The molecule has 4 heteroatoms. The highest BCUT2D eigenvalue weighted by Crippen LogP contribution is 2.35. The summed E-state index contributed by atoms with van der Waals surface area (Å²) in [5.74, 6) is -0.0583. The summed E-state index contributed by atoms with van der Waals surface area (Å²) >= 11 is 3.37. The van der Waals surface area contributed by atoms with Crippen LogP contribution in [0.3, 0.4) is 0 Å². The lowest BCUT2D eigenvalue weighted by molar-refractivity contribution is 0.0849. The van der Waals surface area contributed by atoms with Gasteiger partial charge in [-0.25, -0.2) is 4.39 Å². The van der Waals surface area contributed by atoms with Gasteiger partial charge in [0.25, 0.3) is 0 Å². The second-order valence-electron chi connectivity index (χ2n) is 4.43. The monoisotopic (exact) mass is 320 g/mol. The van der Waals surface area contributed by atoms with Gasteiger partial charge in [0.05, 0.1) is 12.0 Å². The molecule has 0 aromatic heterocycles. The summed E-state index contributed by atoms with van der Waals surface area (Å²) in [6, 6.07) is 11.7. The van der Waals surface area contributed by atoms with E-state index in [4.69, 9.17) is 4.74 Å². The quantitative estimate of drug-likeness (QED) is 0.783. The molecule has 1 aliphatic heterocycles. The molecule has 2 nitrogen and oxygen atoms in total. The fourth-order valence-electron chi connectivity index (χ4n) is 2.16. The number of benzene rings is 2. The van der Waals surface area contributed by atoms with E-state index in [1.165, 1.54) is 18.2 Å². The molecule has 96 valence electrons. The maximum Gasteiger partial charge on any atom is 0.170 e. The fourth-order valence-corrected chi connectivity index (χ4v) is 2.42. The summed E-state index contributed by atoms with van der Waals surface area (Å²) in [7, 11) is 0. The van der Waals surface area contributed by atoms with Crippen LogP contribution in [0.25, 0.3) is 0 Å². The Morgan fingerprint density at radius 3 is 2.63 bits per heavy atom. The molecule has 0 aliphatic carbocycles. The van der Waals surface area contributed by atoms with Crippen LogP contribution in [-0.4, -0.2) is 5.78 Å². The molecular weight excluding hydrogens is 311 g/mol. The van der Waals surface area contributed by atoms with Crippen molar-refractivity contribution in [2.75, 3.05) is 0 Å². The smallest absolute Gasteiger partial charge is 0.170 e. The SMILES string of the molecule is O=C1CC(c2ccc(Br)cc2)Oc2ccc(F)cc21. The fraction of sp³-hybridized carbons (Fsp3) is 0.133. The van der Waals surface area contributed by atoms with Gasteiger partial charge in [-0.3, -0.25) is 4.79 Å². The number of hydrogen-bond acceptors (Lipinski definition) is 2. The van der Waals surface area contributed by atoms with Crippen molar-refractivity contribution < 1.29 is 13.9 Å². The van der Waals surface area contributed by atoms with E-state index in [0.717, 1.165) is 10.0 Å². The molecule has 1 aliphatic rings. The van der Waals surface area contributed by atoms with Crippen LogP contribution in [0.15, 0.2) is 46.9 Å². The maximum atomic E-state index is 13.1. The zero-order valence-corrected chi connectivity index (χ0v) is 11.5. The van der Waals surface area contributed by atoms with Crippen LogP contribution in [0.5, 0.6) is 5.75 Å². The van der Waals surface area contributed by atoms with E-state index >= 15 is 0 Å². The van der Waals surface area contributed by atoms with Gasteiger partial charge in [-0.05, 0) is 35.9 Å². The normalized spacial score (nSPS) is 17.8. The van der Waals surface area contributed by atoms with E-state index in [0.29, 0.717) is 11.3 Å². The Hall–Kier alpha value is -1.68. The van der Waals surface area contributed by atoms with Gasteiger partial charge in [0, 0.05) is 4.47 Å². The standard InChI is InChI=1S/C15H10BrFO2/c16-10-3-1-9(2-4-10)15-8-13(18)12-7-11(17)5-6-14(12)19-15/h1-7,15H,8H2. The topological polar surface area (TPSA) is 26.3 Å². The Bertz CT molecular complexity index is 637. The zero-order valence-electron chi connectivity index (χ0n) is 9.90. The number of ketones is 1. The van der Waals surface area contributed by atoms with Gasteiger partial charge < -0.3 is 4.74 Å². The minimum Gasteiger partial charge on any atom is -0.484 e. The third-order valence-corrected chi connectivity index (χ3v) is 3.65. The Morgan fingerprint density at radius 2 is 1.89 bits per heavy atom. The summed E-state index contributed by atoms with van der Waals surface area (Å²) in [6.45, 7) is 0. The molecule has 0 radical (unpaired) electrons. The molecule has 1 unspecified atom stereocenters. The van der Waals surface area contributed by atoms with Gasteiger partial charge in [0.15, 0.2) is 5.78 Å². The van der Waals surface area contributed by atoms with Gasteiger partial charge in [0.2, 0.25) is 0 Å². The Balaban J connectivity index is 1.95. The first kappa shape index (κ1) is 12.4. The number of halogens is 2. The first-order valence-electron chi connectivity index (χ1n) is 5.88. The molecule has 1 atom stereocenters. The van der Waals surface area contributed by atoms with E-state index in [2.05, 4.69) is 15.9 Å². The molecular formula is C15H10BrFO2. The second kappa shape index (κ2) is 4.78. The average molecular weight is 321 g/mol. The molecule has 0 fully saturated rings. The third-order valence-electron chi connectivity index (χ3n) is 3.12. The van der Waals surface area contributed by atoms with Gasteiger partial charge in [0.1, 0.15) is 17.7 Å². The van der Waals surface area contributed by atoms with E-state index in [-0.39, 0.29) is 18.3 Å². The van der Waals surface area contributed by atoms with Gasteiger partial charge in [-0.15, -0.1) is 0 Å². The number of carbonyl (C=O) groups is 1. The number of carbonyl (C=O) groups excluding carboxylic acids is 1. The van der Waals surface area contributed by atoms with E-state index < -0.39 is 5.82 Å². The van der Waals surface area contributed by atoms with Crippen molar-refractivity contribution in [2.24, 2.45) is 0 Å². The largest absolute Gasteiger partial charge is 0.484 e. The van der Waals surface area contributed by atoms with E-state index in [9.17, 15) is 9.18 Å². The number of Topliss-reactive ketones (excluding diaryl/α,β-unsaturated/α-hetero) is 1. The average Bonchev–Trinajstić information content (AvgIpc) is 2.40. The number of fused-ring (bicyclic) bond motifs is 1. The first-order valence-corrected chi connectivity index (χ1v) is 6.67. The van der Waals surface area contributed by atoms with Gasteiger partial charge >= 0.3 is 0 Å². The van der Waals surface area contributed by atoms with Crippen molar-refractivity contribution >= 4 is 21.7 Å². The maximum absolute atomic E-state index is 13.1. The van der Waals surface area contributed by atoms with E-state index in [1.807, 2.05) is 24.3 Å². The lowest BCUT2D eigenvalue weighted by atomic mass is 9.96. The Labute approximate surface area is 118 Å². The molecule has 19 heavy (non-hydrogen) atoms. The minimum atomic E-state index is -0.419. The zero-order chi connectivity index (χ0) is 13.4. The Morgan fingerprint density at radius 1 is 1.16 bits per heavy atom. The Kier molecular flexibility index (Phi) is 3.11. The molecule has 0 N–H and O–H groups in total. The molecule has 2 aromatic carbocycles. The van der Waals surface area contributed by atoms with Crippen LogP contribution in [0.1, 0.15) is 28.4 Å². The molecule has 0 amide bonds. The second-order valence-corrected chi connectivity index (χ2v) is 5.34. The minimum absolute atomic E-state index is 0.0892. The summed E-state index contributed by atoms with van der Waals surface area (Å²) in [5.41, 5.74) is 1.26. The van der Waals surface area contributed by atoms with Gasteiger partial charge in [-0.2, -0.15) is 0 Å². The van der Waals surface area contributed by atoms with Crippen LogP contribution in [-0.2, 0) is 0 Å². The summed E-state index contributed by atoms with van der Waals surface area (Å²) in [6.07, 6.45) is -0.0727. The van der Waals surface area contributed by atoms with Crippen molar-refractivity contribution in [2.45, 2.75) is 12.5 Å². The summed E-state index contributed by atoms with van der Waals surface area (Å²) < 4.78 is 19.9. The highest BCUT2D eigenvalue weighted by Gasteiger charge is 2.27. The van der Waals surface area contributed by atoms with Crippen molar-refractivity contribution in [3.05, 3.63) is 63.9 Å². The van der Waals surface area contributed by atoms with Crippen LogP contribution >= 0.6 is 15.9 Å². The van der Waals surface area contributed by atoms with Crippen LogP contribution in [0, 0.1) is 5.82 Å². The predicted octanol–water partition coefficient (Wildman–Crippen LogP) is 4.29. The van der Waals surface area contributed by atoms with Crippen molar-refractivity contribution in [3.63, 3.8) is 0 Å². The van der Waals surface area contributed by atoms with Crippen LogP contribution in [0.4, 0.5) is 4.39 Å². The molecule has 2 aromatic rings. The van der Waals surface area contributed by atoms with Crippen molar-refractivity contribution in [3.8, 4) is 5.75 Å². The summed E-state index contributed by atoms with van der Waals surface area (Å²) in [5, 5.41) is 0. The predicted molar refractivity (Wildman–Crippen MR) is 72.9 cm³/mol. The molecule has 0 bridgehead atoms. The molecule has 3 rings (SSSR count). The first-order chi connectivity index (χ1) is 9.13. The third kappa shape index (κ3) is 2.40. The van der Waals surface area contributed by atoms with Gasteiger partial charge in [-0.1, -0.05) is 28.1 Å². The van der Waals surface area contributed by atoms with Crippen molar-refractivity contribution in [1.29, 1.82) is 0 Å². The van der Waals surface area contributed by atoms with Crippen LogP contribution in [0.2, 0.25) is 0 Å². The van der Waals surface area contributed by atoms with Crippen molar-refractivity contribution in [1.82, 2.24) is 0 Å². The molecule has 0 saturated heterocycles. The lowest BCUT2D eigenvalue weighted by Gasteiger charge is -2.25. The van der Waals surface area contributed by atoms with E-state index in [1.54, 1.807) is 0 Å². The number of hydrogen-bond donors (Lipinski definition) is 0. The highest BCUT2D eigenvalue weighted by molar-refractivity contribution is 9.10. The molecule has 0 saturated carbocycles. The molecule has 0 spiro atoms. The number of ether oxygens (including phenoxy) is 1.